The molecule has 0 aliphatic carbocycles. The molecule has 0 saturated heterocycles. The van der Waals surface area contributed by atoms with E-state index < -0.39 is 0 Å². The third-order valence-corrected chi connectivity index (χ3v) is 3.31. The molecule has 4 nitrogen and oxygen atoms in total. The Hall–Kier alpha value is -1.81. The van der Waals surface area contributed by atoms with Crippen LogP contribution in [0.4, 0.5) is 0 Å². The van der Waals surface area contributed by atoms with Gasteiger partial charge in [-0.3, -0.25) is 4.79 Å². The van der Waals surface area contributed by atoms with Crippen molar-refractivity contribution in [2.75, 3.05) is 20.3 Å². The molecule has 1 aromatic heterocycles. The molecule has 19 heavy (non-hydrogen) atoms. The Bertz CT molecular complexity index is 670. The van der Waals surface area contributed by atoms with Crippen LogP contribution in [0.25, 0.3) is 11.8 Å². The first-order chi connectivity index (χ1) is 9.10. The van der Waals surface area contributed by atoms with E-state index in [2.05, 4.69) is 11.1 Å². The van der Waals surface area contributed by atoms with Crippen molar-refractivity contribution < 1.29 is 9.47 Å². The van der Waals surface area contributed by atoms with E-state index in [9.17, 15) is 4.79 Å². The Morgan fingerprint density at radius 2 is 2.32 bits per heavy atom. The minimum absolute atomic E-state index is 0.0205. The van der Waals surface area contributed by atoms with Crippen molar-refractivity contribution in [2.45, 2.75) is 19.9 Å². The second kappa shape index (κ2) is 5.45. The Kier molecular flexibility index (Phi) is 3.90. The molecule has 1 aliphatic rings. The molecule has 1 aliphatic heterocycles. The van der Waals surface area contributed by atoms with Crippen LogP contribution < -0.4 is 16.0 Å². The number of hydrogen-bond donors (Lipinski definition) is 0. The summed E-state index contributed by atoms with van der Waals surface area (Å²) in [6.45, 7) is 8.49. The minimum atomic E-state index is 0.0205. The molecule has 1 atom stereocenters. The highest BCUT2D eigenvalue weighted by molar-refractivity contribution is 5.42. The summed E-state index contributed by atoms with van der Waals surface area (Å²) in [6, 6.07) is 0.0833. The molecular formula is C15H19NO3. The lowest BCUT2D eigenvalue weighted by atomic mass is 10.1. The van der Waals surface area contributed by atoms with E-state index in [-0.39, 0.29) is 11.5 Å². The average molecular weight is 261 g/mol. The van der Waals surface area contributed by atoms with Gasteiger partial charge in [-0.25, -0.2) is 0 Å². The topological polar surface area (TPSA) is 40.5 Å². The molecule has 4 heteroatoms. The van der Waals surface area contributed by atoms with Crippen LogP contribution in [0.5, 0.6) is 0 Å². The average Bonchev–Trinajstić information content (AvgIpc) is 2.38. The largest absolute Gasteiger partial charge is 0.494 e. The van der Waals surface area contributed by atoms with Crippen LogP contribution in [-0.4, -0.2) is 24.9 Å². The number of hydrogen-bond acceptors (Lipinski definition) is 3. The highest BCUT2D eigenvalue weighted by atomic mass is 16.5. The summed E-state index contributed by atoms with van der Waals surface area (Å²) in [6.07, 6.45) is 5.25. The van der Waals surface area contributed by atoms with Crippen molar-refractivity contribution in [3.8, 4) is 0 Å². The van der Waals surface area contributed by atoms with Crippen molar-refractivity contribution in [1.82, 2.24) is 4.57 Å². The number of nitrogens with zero attached hydrogens (tertiary/aromatic N) is 1. The molecule has 102 valence electrons. The zero-order valence-electron chi connectivity index (χ0n) is 11.6. The maximum absolute atomic E-state index is 12.2. The fraction of sp³-hybridized carbons (Fsp3) is 0.400. The lowest BCUT2D eigenvalue weighted by molar-refractivity contribution is 0.0985. The second-order valence-corrected chi connectivity index (χ2v) is 4.69. The van der Waals surface area contributed by atoms with E-state index in [1.807, 2.05) is 20.0 Å². The third-order valence-electron chi connectivity index (χ3n) is 3.31. The fourth-order valence-corrected chi connectivity index (χ4v) is 2.41. The molecule has 0 fully saturated rings. The molecular weight excluding hydrogens is 242 g/mol. The van der Waals surface area contributed by atoms with Crippen molar-refractivity contribution in [3.05, 3.63) is 45.2 Å². The van der Waals surface area contributed by atoms with Crippen LogP contribution in [0.3, 0.4) is 0 Å². The number of allylic oxidation sites excluding steroid dienone is 1. The van der Waals surface area contributed by atoms with Crippen LogP contribution in [0.2, 0.25) is 0 Å². The Morgan fingerprint density at radius 3 is 2.95 bits per heavy atom. The summed E-state index contributed by atoms with van der Waals surface area (Å²) in [4.78, 5) is 12.2. The predicted molar refractivity (Wildman–Crippen MR) is 75.3 cm³/mol. The van der Waals surface area contributed by atoms with Crippen molar-refractivity contribution in [1.29, 1.82) is 0 Å². The maximum Gasteiger partial charge on any atom is 0.192 e. The molecule has 2 rings (SSSR count). The number of aryl methyl sites for hydroxylation is 1. The van der Waals surface area contributed by atoms with E-state index in [1.165, 1.54) is 0 Å². The van der Waals surface area contributed by atoms with E-state index >= 15 is 0 Å². The highest BCUT2D eigenvalue weighted by Gasteiger charge is 2.20. The lowest BCUT2D eigenvalue weighted by Gasteiger charge is -2.27. The Morgan fingerprint density at radius 1 is 1.58 bits per heavy atom. The van der Waals surface area contributed by atoms with Gasteiger partial charge >= 0.3 is 0 Å². The number of pyridine rings is 1. The van der Waals surface area contributed by atoms with Crippen LogP contribution >= 0.6 is 0 Å². The third kappa shape index (κ3) is 2.36. The van der Waals surface area contributed by atoms with Crippen molar-refractivity contribution in [3.63, 3.8) is 0 Å². The van der Waals surface area contributed by atoms with Gasteiger partial charge in [-0.1, -0.05) is 12.7 Å². The number of fused-ring (bicyclic) bond motifs is 1. The van der Waals surface area contributed by atoms with Gasteiger partial charge in [-0.2, -0.15) is 0 Å². The van der Waals surface area contributed by atoms with Gasteiger partial charge in [-0.15, -0.1) is 0 Å². The van der Waals surface area contributed by atoms with E-state index in [4.69, 9.17) is 9.47 Å². The Labute approximate surface area is 112 Å². The predicted octanol–water partition coefficient (Wildman–Crippen LogP) is 0.469. The van der Waals surface area contributed by atoms with Gasteiger partial charge in [0.05, 0.1) is 18.0 Å². The normalized spacial score (nSPS) is 19.0. The van der Waals surface area contributed by atoms with Gasteiger partial charge in [0, 0.05) is 24.1 Å². The molecule has 0 spiro atoms. The molecule has 0 aromatic carbocycles. The molecule has 1 aromatic rings. The lowest BCUT2D eigenvalue weighted by Crippen LogP contribution is -2.51. The molecule has 0 saturated carbocycles. The number of methoxy groups -OCH3 is 1. The van der Waals surface area contributed by atoms with Gasteiger partial charge < -0.3 is 14.0 Å². The minimum Gasteiger partial charge on any atom is -0.494 e. The van der Waals surface area contributed by atoms with Crippen LogP contribution in [0.15, 0.2) is 23.6 Å². The van der Waals surface area contributed by atoms with Crippen LogP contribution in [0.1, 0.15) is 18.5 Å². The first-order valence-electron chi connectivity index (χ1n) is 6.27. The first kappa shape index (κ1) is 13.6. The van der Waals surface area contributed by atoms with Crippen molar-refractivity contribution >= 4 is 11.8 Å². The fourth-order valence-electron chi connectivity index (χ4n) is 2.41. The molecule has 2 heterocycles. The molecule has 0 bridgehead atoms. The summed E-state index contributed by atoms with van der Waals surface area (Å²) < 4.78 is 13.0. The number of ether oxygens (including phenoxy) is 2. The summed E-state index contributed by atoms with van der Waals surface area (Å²) in [5.41, 5.74) is 0.736. The molecule has 0 amide bonds. The monoisotopic (exact) mass is 261 g/mol. The van der Waals surface area contributed by atoms with Crippen molar-refractivity contribution in [2.24, 2.45) is 0 Å². The molecule has 1 unspecified atom stereocenters. The number of rotatable bonds is 3. The zero-order valence-corrected chi connectivity index (χ0v) is 11.6. The summed E-state index contributed by atoms with van der Waals surface area (Å²) >= 11 is 0. The van der Waals surface area contributed by atoms with E-state index in [0.29, 0.717) is 24.0 Å². The SMILES string of the molecule is C=C/C=c1/c(=O)c(C)cn2c1=C(C)OCC2COC. The van der Waals surface area contributed by atoms with Gasteiger partial charge in [0.25, 0.3) is 0 Å². The number of aromatic nitrogens is 1. The van der Waals surface area contributed by atoms with E-state index in [0.717, 1.165) is 11.1 Å². The van der Waals surface area contributed by atoms with E-state index in [1.54, 1.807) is 19.3 Å². The standard InChI is InChI=1S/C15H19NO3/c1-5-6-13-14-11(3)19-9-12(8-18-4)16(14)7-10(2)15(13)17/h5-7,12H,1,8-9H2,2-4H3/b13-6+. The molecule has 0 N–H and O–H groups in total. The van der Waals surface area contributed by atoms with Gasteiger partial charge in [0.1, 0.15) is 12.4 Å². The van der Waals surface area contributed by atoms with Gasteiger partial charge in [0.15, 0.2) is 5.43 Å². The van der Waals surface area contributed by atoms with Gasteiger partial charge in [-0.05, 0) is 19.9 Å². The van der Waals surface area contributed by atoms with Crippen LogP contribution in [-0.2, 0) is 9.47 Å². The smallest absolute Gasteiger partial charge is 0.192 e. The summed E-state index contributed by atoms with van der Waals surface area (Å²) in [5.74, 6) is 0.762. The maximum atomic E-state index is 12.2. The molecule has 0 radical (unpaired) electrons. The second-order valence-electron chi connectivity index (χ2n) is 4.69. The Balaban J connectivity index is 2.88. The summed E-state index contributed by atoms with van der Waals surface area (Å²) in [7, 11) is 1.66. The highest BCUT2D eigenvalue weighted by Crippen LogP contribution is 2.12. The zero-order chi connectivity index (χ0) is 14.0. The quantitative estimate of drug-likeness (QED) is 0.794. The summed E-state index contributed by atoms with van der Waals surface area (Å²) in [5, 5.41) is 1.46. The van der Waals surface area contributed by atoms with Crippen LogP contribution in [0, 0.1) is 6.92 Å². The van der Waals surface area contributed by atoms with Gasteiger partial charge in [0.2, 0.25) is 0 Å². The first-order valence-corrected chi connectivity index (χ1v) is 6.27.